The van der Waals surface area contributed by atoms with Crippen LogP contribution < -0.4 is 5.32 Å². The maximum absolute atomic E-state index is 13.5. The maximum atomic E-state index is 13.5. The predicted molar refractivity (Wildman–Crippen MR) is 77.3 cm³/mol. The molecule has 21 heavy (non-hydrogen) atoms. The first-order chi connectivity index (χ1) is 10.2. The minimum absolute atomic E-state index is 0.106. The summed E-state index contributed by atoms with van der Waals surface area (Å²) in [6, 6.07) is 6.39. The van der Waals surface area contributed by atoms with E-state index >= 15 is 0 Å². The highest BCUT2D eigenvalue weighted by Crippen LogP contribution is 2.31. The van der Waals surface area contributed by atoms with E-state index in [4.69, 9.17) is 9.47 Å². The van der Waals surface area contributed by atoms with Crippen LogP contribution in [0.15, 0.2) is 24.3 Å². The highest BCUT2D eigenvalue weighted by atomic mass is 19.1. The van der Waals surface area contributed by atoms with Gasteiger partial charge in [0.05, 0.1) is 12.7 Å². The standard InChI is InChI=1S/C16H22FNO3/c1-2-20-15(19)11-21-16(13-6-4-8-18-10-13)12-5-3-7-14(17)9-12/h3,5,7,9,13,16,18H,2,4,6,8,10-11H2,1H3/t13?,16-/m0/s1. The summed E-state index contributed by atoms with van der Waals surface area (Å²) in [7, 11) is 0. The molecule has 0 aliphatic carbocycles. The van der Waals surface area contributed by atoms with E-state index in [9.17, 15) is 9.18 Å². The van der Waals surface area contributed by atoms with E-state index in [2.05, 4.69) is 5.32 Å². The zero-order valence-corrected chi connectivity index (χ0v) is 12.3. The second-order valence-electron chi connectivity index (χ2n) is 5.20. The van der Waals surface area contributed by atoms with Crippen LogP contribution in [-0.4, -0.2) is 32.3 Å². The summed E-state index contributed by atoms with van der Waals surface area (Å²) in [6.45, 7) is 3.78. The van der Waals surface area contributed by atoms with Gasteiger partial charge >= 0.3 is 5.97 Å². The van der Waals surface area contributed by atoms with Gasteiger partial charge in [-0.3, -0.25) is 0 Å². The van der Waals surface area contributed by atoms with Gasteiger partial charge in [0.25, 0.3) is 0 Å². The first-order valence-electron chi connectivity index (χ1n) is 7.44. The number of benzene rings is 1. The summed E-state index contributed by atoms with van der Waals surface area (Å²) in [5.74, 6) is -0.446. The van der Waals surface area contributed by atoms with Gasteiger partial charge in [0.1, 0.15) is 12.4 Å². The van der Waals surface area contributed by atoms with Gasteiger partial charge in [-0.25, -0.2) is 9.18 Å². The number of ether oxygens (including phenoxy) is 2. The summed E-state index contributed by atoms with van der Waals surface area (Å²) in [6.07, 6.45) is 1.76. The number of nitrogens with one attached hydrogen (secondary N) is 1. The van der Waals surface area contributed by atoms with Gasteiger partial charge in [-0.2, -0.15) is 0 Å². The van der Waals surface area contributed by atoms with Crippen LogP contribution in [0.4, 0.5) is 4.39 Å². The van der Waals surface area contributed by atoms with Gasteiger partial charge in [-0.15, -0.1) is 0 Å². The van der Waals surface area contributed by atoms with Crippen molar-refractivity contribution in [1.82, 2.24) is 5.32 Å². The maximum Gasteiger partial charge on any atom is 0.332 e. The van der Waals surface area contributed by atoms with E-state index in [0.29, 0.717) is 6.61 Å². The molecule has 2 rings (SSSR count). The molecule has 116 valence electrons. The van der Waals surface area contributed by atoms with Gasteiger partial charge < -0.3 is 14.8 Å². The average molecular weight is 295 g/mol. The van der Waals surface area contributed by atoms with Crippen molar-refractivity contribution in [2.45, 2.75) is 25.9 Å². The first-order valence-corrected chi connectivity index (χ1v) is 7.44. The van der Waals surface area contributed by atoms with E-state index < -0.39 is 0 Å². The number of piperidine rings is 1. The Balaban J connectivity index is 2.07. The molecule has 4 nitrogen and oxygen atoms in total. The highest BCUT2D eigenvalue weighted by Gasteiger charge is 2.27. The minimum Gasteiger partial charge on any atom is -0.464 e. The number of carbonyl (C=O) groups excluding carboxylic acids is 1. The topological polar surface area (TPSA) is 47.6 Å². The molecular weight excluding hydrogens is 273 g/mol. The Morgan fingerprint density at radius 2 is 2.38 bits per heavy atom. The molecule has 1 aromatic rings. The molecule has 0 saturated carbocycles. The third-order valence-corrected chi connectivity index (χ3v) is 3.63. The van der Waals surface area contributed by atoms with Crippen LogP contribution >= 0.6 is 0 Å². The van der Waals surface area contributed by atoms with Crippen molar-refractivity contribution in [3.63, 3.8) is 0 Å². The summed E-state index contributed by atoms with van der Waals surface area (Å²) >= 11 is 0. The van der Waals surface area contributed by atoms with Gasteiger partial charge in [-0.05, 0) is 44.0 Å². The Morgan fingerprint density at radius 1 is 1.52 bits per heavy atom. The lowest BCUT2D eigenvalue weighted by Crippen LogP contribution is -2.35. The Morgan fingerprint density at radius 3 is 3.05 bits per heavy atom. The molecule has 1 unspecified atom stereocenters. The van der Waals surface area contributed by atoms with Crippen molar-refractivity contribution in [1.29, 1.82) is 0 Å². The van der Waals surface area contributed by atoms with Crippen LogP contribution in [0.5, 0.6) is 0 Å². The fourth-order valence-electron chi connectivity index (χ4n) is 2.69. The molecule has 1 aliphatic rings. The van der Waals surface area contributed by atoms with E-state index in [1.54, 1.807) is 13.0 Å². The second-order valence-corrected chi connectivity index (χ2v) is 5.20. The molecule has 1 N–H and O–H groups in total. The minimum atomic E-state index is -0.386. The lowest BCUT2D eigenvalue weighted by atomic mass is 9.89. The van der Waals surface area contributed by atoms with E-state index in [0.717, 1.165) is 31.5 Å². The molecule has 0 radical (unpaired) electrons. The summed E-state index contributed by atoms with van der Waals surface area (Å²) in [4.78, 5) is 11.5. The van der Waals surface area contributed by atoms with Crippen LogP contribution in [0, 0.1) is 11.7 Å². The molecule has 0 amide bonds. The van der Waals surface area contributed by atoms with Crippen molar-refractivity contribution in [2.75, 3.05) is 26.3 Å². The average Bonchev–Trinajstić information content (AvgIpc) is 2.49. The predicted octanol–water partition coefficient (Wildman–Crippen LogP) is 2.45. The third kappa shape index (κ3) is 4.79. The summed E-state index contributed by atoms with van der Waals surface area (Å²) in [5, 5.41) is 3.32. The number of esters is 1. The van der Waals surface area contributed by atoms with Crippen LogP contribution in [0.25, 0.3) is 0 Å². The van der Waals surface area contributed by atoms with Crippen molar-refractivity contribution in [3.8, 4) is 0 Å². The first kappa shape index (κ1) is 15.9. The molecule has 2 atom stereocenters. The van der Waals surface area contributed by atoms with Crippen molar-refractivity contribution >= 4 is 5.97 Å². The molecule has 1 aliphatic heterocycles. The molecule has 1 aromatic carbocycles. The van der Waals surface area contributed by atoms with E-state index in [-0.39, 0.29) is 30.4 Å². The van der Waals surface area contributed by atoms with Gasteiger partial charge in [0.15, 0.2) is 0 Å². The molecule has 1 heterocycles. The molecule has 0 aromatic heterocycles. The number of halogens is 1. The molecule has 1 saturated heterocycles. The fraction of sp³-hybridized carbons (Fsp3) is 0.562. The van der Waals surface area contributed by atoms with Gasteiger partial charge in [-0.1, -0.05) is 12.1 Å². The number of rotatable bonds is 6. The number of carbonyl (C=O) groups is 1. The normalized spacial score (nSPS) is 20.0. The highest BCUT2D eigenvalue weighted by molar-refractivity contribution is 5.70. The lowest BCUT2D eigenvalue weighted by Gasteiger charge is -2.31. The van der Waals surface area contributed by atoms with Crippen LogP contribution in [-0.2, 0) is 14.3 Å². The Hall–Kier alpha value is -1.46. The molecule has 5 heteroatoms. The zero-order valence-electron chi connectivity index (χ0n) is 12.3. The Bertz CT molecular complexity index is 461. The van der Waals surface area contributed by atoms with Gasteiger partial charge in [0, 0.05) is 12.5 Å². The second kappa shape index (κ2) is 8.10. The van der Waals surface area contributed by atoms with Crippen LogP contribution in [0.1, 0.15) is 31.4 Å². The monoisotopic (exact) mass is 295 g/mol. The van der Waals surface area contributed by atoms with E-state index in [1.165, 1.54) is 12.1 Å². The zero-order chi connectivity index (χ0) is 15.1. The molecule has 0 spiro atoms. The third-order valence-electron chi connectivity index (χ3n) is 3.63. The van der Waals surface area contributed by atoms with Crippen molar-refractivity contribution in [3.05, 3.63) is 35.6 Å². The van der Waals surface area contributed by atoms with Crippen LogP contribution in [0.3, 0.4) is 0 Å². The van der Waals surface area contributed by atoms with Gasteiger partial charge in [0.2, 0.25) is 0 Å². The Labute approximate surface area is 124 Å². The largest absolute Gasteiger partial charge is 0.464 e. The summed E-state index contributed by atoms with van der Waals surface area (Å²) in [5.41, 5.74) is 0.771. The SMILES string of the molecule is CCOC(=O)CO[C@@H](c1cccc(F)c1)C1CCCNC1. The molecule has 1 fully saturated rings. The number of hydrogen-bond donors (Lipinski definition) is 1. The van der Waals surface area contributed by atoms with E-state index in [1.807, 2.05) is 6.07 Å². The fourth-order valence-corrected chi connectivity index (χ4v) is 2.69. The molecular formula is C16H22FNO3. The molecule has 0 bridgehead atoms. The summed E-state index contributed by atoms with van der Waals surface area (Å²) < 4.78 is 24.1. The lowest BCUT2D eigenvalue weighted by molar-refractivity contribution is -0.152. The van der Waals surface area contributed by atoms with Crippen molar-refractivity contribution in [2.24, 2.45) is 5.92 Å². The smallest absolute Gasteiger partial charge is 0.332 e. The van der Waals surface area contributed by atoms with Crippen molar-refractivity contribution < 1.29 is 18.7 Å². The quantitative estimate of drug-likeness (QED) is 0.819. The Kier molecular flexibility index (Phi) is 6.14. The van der Waals surface area contributed by atoms with Crippen LogP contribution in [0.2, 0.25) is 0 Å². The number of hydrogen-bond acceptors (Lipinski definition) is 4.